The SMILES string of the molecule is COC[C@@H](C)n1c(C)cc(C(=O)COC(=O)Cc2coc3cc(O)ccc23)c1C. The van der Waals surface area contributed by atoms with Crippen LogP contribution in [-0.4, -0.2) is 41.7 Å². The Hall–Kier alpha value is -3.06. The van der Waals surface area contributed by atoms with Crippen LogP contribution in [0.1, 0.15) is 40.3 Å². The van der Waals surface area contributed by atoms with E-state index in [1.807, 2.05) is 31.4 Å². The summed E-state index contributed by atoms with van der Waals surface area (Å²) < 4.78 is 17.8. The Morgan fingerprint density at radius 3 is 2.72 bits per heavy atom. The average molecular weight is 399 g/mol. The first kappa shape index (κ1) is 20.7. The molecular weight excluding hydrogens is 374 g/mol. The lowest BCUT2D eigenvalue weighted by atomic mass is 10.1. The Bertz CT molecular complexity index is 1050. The van der Waals surface area contributed by atoms with E-state index in [2.05, 4.69) is 0 Å². The highest BCUT2D eigenvalue weighted by Gasteiger charge is 2.20. The molecule has 0 fully saturated rings. The van der Waals surface area contributed by atoms with Crippen LogP contribution < -0.4 is 0 Å². The maximum absolute atomic E-state index is 12.6. The van der Waals surface area contributed by atoms with Gasteiger partial charge in [-0.3, -0.25) is 9.59 Å². The third-order valence-electron chi connectivity index (χ3n) is 4.97. The van der Waals surface area contributed by atoms with Gasteiger partial charge in [0, 0.05) is 41.1 Å². The van der Waals surface area contributed by atoms with Gasteiger partial charge in [0.1, 0.15) is 11.3 Å². The van der Waals surface area contributed by atoms with Crippen molar-refractivity contribution in [3.63, 3.8) is 0 Å². The zero-order chi connectivity index (χ0) is 21.1. The molecule has 1 N–H and O–H groups in total. The predicted molar refractivity (Wildman–Crippen MR) is 107 cm³/mol. The summed E-state index contributed by atoms with van der Waals surface area (Å²) in [6.07, 6.45) is 1.44. The van der Waals surface area contributed by atoms with Crippen LogP contribution in [0.25, 0.3) is 11.0 Å². The summed E-state index contributed by atoms with van der Waals surface area (Å²) >= 11 is 0. The molecule has 0 unspecified atom stereocenters. The number of hydrogen-bond donors (Lipinski definition) is 1. The van der Waals surface area contributed by atoms with E-state index in [0.717, 1.165) is 16.8 Å². The van der Waals surface area contributed by atoms with Crippen LogP contribution in [0.15, 0.2) is 34.9 Å². The van der Waals surface area contributed by atoms with Crippen molar-refractivity contribution in [2.45, 2.75) is 33.2 Å². The summed E-state index contributed by atoms with van der Waals surface area (Å²) in [4.78, 5) is 24.8. The smallest absolute Gasteiger partial charge is 0.310 e. The number of phenols is 1. The molecule has 0 saturated carbocycles. The minimum absolute atomic E-state index is 0.0189. The quantitative estimate of drug-likeness (QED) is 0.458. The number of ether oxygens (including phenoxy) is 2. The Balaban J connectivity index is 1.64. The summed E-state index contributed by atoms with van der Waals surface area (Å²) in [5.74, 6) is -0.677. The summed E-state index contributed by atoms with van der Waals surface area (Å²) in [6, 6.07) is 6.59. The molecule has 29 heavy (non-hydrogen) atoms. The van der Waals surface area contributed by atoms with E-state index in [-0.39, 0.29) is 30.6 Å². The monoisotopic (exact) mass is 399 g/mol. The Morgan fingerprint density at radius 1 is 1.24 bits per heavy atom. The molecule has 0 spiro atoms. The lowest BCUT2D eigenvalue weighted by Crippen LogP contribution is -2.17. The van der Waals surface area contributed by atoms with Crippen LogP contribution in [0, 0.1) is 13.8 Å². The largest absolute Gasteiger partial charge is 0.508 e. The second-order valence-corrected chi connectivity index (χ2v) is 7.16. The molecule has 0 radical (unpaired) electrons. The Labute approximate surface area is 168 Å². The van der Waals surface area contributed by atoms with Crippen molar-refractivity contribution in [3.8, 4) is 5.75 Å². The number of benzene rings is 1. The Kier molecular flexibility index (Phi) is 6.08. The van der Waals surface area contributed by atoms with E-state index in [9.17, 15) is 14.7 Å². The number of aromatic nitrogens is 1. The first-order chi connectivity index (χ1) is 13.8. The number of rotatable bonds is 8. The van der Waals surface area contributed by atoms with Crippen molar-refractivity contribution in [2.75, 3.05) is 20.3 Å². The summed E-state index contributed by atoms with van der Waals surface area (Å²) in [6.45, 7) is 6.05. The number of carbonyl (C=O) groups is 2. The summed E-state index contributed by atoms with van der Waals surface area (Å²) in [7, 11) is 1.64. The average Bonchev–Trinajstić information content (AvgIpc) is 3.19. The number of hydrogen-bond acceptors (Lipinski definition) is 6. The molecule has 2 aromatic heterocycles. The topological polar surface area (TPSA) is 90.9 Å². The van der Waals surface area contributed by atoms with Crippen molar-refractivity contribution in [2.24, 2.45) is 0 Å². The minimum Gasteiger partial charge on any atom is -0.508 e. The number of carbonyl (C=O) groups excluding carboxylic acids is 2. The van der Waals surface area contributed by atoms with Gasteiger partial charge >= 0.3 is 5.97 Å². The van der Waals surface area contributed by atoms with E-state index in [0.29, 0.717) is 23.3 Å². The van der Waals surface area contributed by atoms with Gasteiger partial charge in [-0.15, -0.1) is 0 Å². The highest BCUT2D eigenvalue weighted by Crippen LogP contribution is 2.25. The molecule has 1 aromatic carbocycles. The minimum atomic E-state index is -0.518. The molecule has 7 nitrogen and oxygen atoms in total. The molecule has 3 rings (SSSR count). The number of esters is 1. The van der Waals surface area contributed by atoms with Gasteiger partial charge in [-0.05, 0) is 39.0 Å². The molecule has 0 amide bonds. The molecule has 0 aliphatic rings. The molecule has 154 valence electrons. The van der Waals surface area contributed by atoms with E-state index in [1.165, 1.54) is 18.4 Å². The first-order valence-electron chi connectivity index (χ1n) is 9.37. The number of furan rings is 1. The lowest BCUT2D eigenvalue weighted by Gasteiger charge is -2.17. The molecule has 1 atom stereocenters. The summed E-state index contributed by atoms with van der Waals surface area (Å²) in [5, 5.41) is 10.2. The van der Waals surface area contributed by atoms with E-state index >= 15 is 0 Å². The van der Waals surface area contributed by atoms with Gasteiger partial charge in [0.15, 0.2) is 6.61 Å². The van der Waals surface area contributed by atoms with Gasteiger partial charge in [-0.25, -0.2) is 0 Å². The second-order valence-electron chi connectivity index (χ2n) is 7.16. The molecule has 0 bridgehead atoms. The van der Waals surface area contributed by atoms with Crippen LogP contribution in [0.2, 0.25) is 0 Å². The van der Waals surface area contributed by atoms with Crippen LogP contribution >= 0.6 is 0 Å². The maximum atomic E-state index is 12.6. The van der Waals surface area contributed by atoms with Crippen molar-refractivity contribution < 1.29 is 28.6 Å². The second kappa shape index (κ2) is 8.53. The molecule has 0 aliphatic heterocycles. The third kappa shape index (κ3) is 4.35. The van der Waals surface area contributed by atoms with Crippen LogP contribution in [0.5, 0.6) is 5.75 Å². The molecule has 0 aliphatic carbocycles. The highest BCUT2D eigenvalue weighted by molar-refractivity contribution is 5.99. The normalized spacial score (nSPS) is 12.3. The van der Waals surface area contributed by atoms with Crippen molar-refractivity contribution in [3.05, 3.63) is 53.0 Å². The number of methoxy groups -OCH3 is 1. The number of Topliss-reactive ketones (excluding diaryl/α,β-unsaturated/α-hetero) is 1. The highest BCUT2D eigenvalue weighted by atomic mass is 16.5. The zero-order valence-corrected chi connectivity index (χ0v) is 17.0. The van der Waals surface area contributed by atoms with Crippen LogP contribution in [0.3, 0.4) is 0 Å². The van der Waals surface area contributed by atoms with Gasteiger partial charge in [-0.1, -0.05) is 0 Å². The lowest BCUT2D eigenvalue weighted by molar-refractivity contribution is -0.141. The van der Waals surface area contributed by atoms with Crippen LogP contribution in [0.4, 0.5) is 0 Å². The maximum Gasteiger partial charge on any atom is 0.310 e. The van der Waals surface area contributed by atoms with Gasteiger partial charge in [0.2, 0.25) is 5.78 Å². The third-order valence-corrected chi connectivity index (χ3v) is 4.97. The number of nitrogens with zero attached hydrogens (tertiary/aromatic N) is 1. The standard InChI is InChI=1S/C22H25NO6/c1-13-7-19(15(3)23(13)14(2)10-27-4)20(25)12-29-22(26)8-16-11-28-21-9-17(24)5-6-18(16)21/h5-7,9,11,14,24H,8,10,12H2,1-4H3/t14-/m1/s1. The van der Waals surface area contributed by atoms with E-state index in [4.69, 9.17) is 13.9 Å². The number of aryl methyl sites for hydroxylation is 1. The number of ketones is 1. The van der Waals surface area contributed by atoms with Gasteiger partial charge in [0.05, 0.1) is 25.3 Å². The predicted octanol–water partition coefficient (Wildman–Crippen LogP) is 3.73. The van der Waals surface area contributed by atoms with Crippen LogP contribution in [-0.2, 0) is 20.7 Å². The molecular formula is C22H25NO6. The molecule has 0 saturated heterocycles. The molecule has 2 heterocycles. The fraction of sp³-hybridized carbons (Fsp3) is 0.364. The van der Waals surface area contributed by atoms with Crippen molar-refractivity contribution in [1.82, 2.24) is 4.57 Å². The molecule has 7 heteroatoms. The number of fused-ring (bicyclic) bond motifs is 1. The fourth-order valence-corrected chi connectivity index (χ4v) is 3.69. The molecule has 3 aromatic rings. The summed E-state index contributed by atoms with van der Waals surface area (Å²) in [5.41, 5.74) is 3.46. The van der Waals surface area contributed by atoms with Gasteiger partial charge in [0.25, 0.3) is 0 Å². The van der Waals surface area contributed by atoms with Gasteiger partial charge < -0.3 is 23.6 Å². The zero-order valence-electron chi connectivity index (χ0n) is 17.0. The van der Waals surface area contributed by atoms with Crippen molar-refractivity contribution >= 4 is 22.7 Å². The Morgan fingerprint density at radius 2 is 2.00 bits per heavy atom. The number of aromatic hydroxyl groups is 1. The number of phenolic OH excluding ortho intramolecular Hbond substituents is 1. The van der Waals surface area contributed by atoms with E-state index < -0.39 is 5.97 Å². The first-order valence-corrected chi connectivity index (χ1v) is 9.37. The van der Waals surface area contributed by atoms with Crippen molar-refractivity contribution in [1.29, 1.82) is 0 Å². The van der Waals surface area contributed by atoms with E-state index in [1.54, 1.807) is 13.2 Å². The fourth-order valence-electron chi connectivity index (χ4n) is 3.69. The van der Waals surface area contributed by atoms with Gasteiger partial charge in [-0.2, -0.15) is 0 Å².